The SMILES string of the molecule is CCN1CCN(C(C)Cc2ccccc2F)CCC1=O. The van der Waals surface area contributed by atoms with Crippen LogP contribution >= 0.6 is 0 Å². The van der Waals surface area contributed by atoms with Gasteiger partial charge in [-0.3, -0.25) is 9.69 Å². The Labute approximate surface area is 120 Å². The Morgan fingerprint density at radius 2 is 2.00 bits per heavy atom. The minimum atomic E-state index is -0.138. The summed E-state index contributed by atoms with van der Waals surface area (Å²) < 4.78 is 13.7. The molecule has 110 valence electrons. The molecule has 1 saturated heterocycles. The first-order valence-corrected chi connectivity index (χ1v) is 7.37. The monoisotopic (exact) mass is 278 g/mol. The van der Waals surface area contributed by atoms with Crippen LogP contribution in [0.4, 0.5) is 4.39 Å². The fraction of sp³-hybridized carbons (Fsp3) is 0.562. The highest BCUT2D eigenvalue weighted by Gasteiger charge is 2.23. The maximum atomic E-state index is 13.7. The Morgan fingerprint density at radius 1 is 1.25 bits per heavy atom. The summed E-state index contributed by atoms with van der Waals surface area (Å²) in [4.78, 5) is 16.1. The zero-order valence-corrected chi connectivity index (χ0v) is 12.3. The lowest BCUT2D eigenvalue weighted by atomic mass is 10.1. The minimum Gasteiger partial charge on any atom is -0.342 e. The predicted molar refractivity (Wildman–Crippen MR) is 78.0 cm³/mol. The van der Waals surface area contributed by atoms with Crippen LogP contribution in [0.2, 0.25) is 0 Å². The van der Waals surface area contributed by atoms with Gasteiger partial charge >= 0.3 is 0 Å². The van der Waals surface area contributed by atoms with Gasteiger partial charge in [-0.2, -0.15) is 0 Å². The Morgan fingerprint density at radius 3 is 2.70 bits per heavy atom. The van der Waals surface area contributed by atoms with Crippen molar-refractivity contribution in [2.45, 2.75) is 32.7 Å². The molecule has 4 heteroatoms. The summed E-state index contributed by atoms with van der Waals surface area (Å²) in [5, 5.41) is 0. The Kier molecular flexibility index (Phi) is 5.12. The largest absolute Gasteiger partial charge is 0.342 e. The second kappa shape index (κ2) is 6.84. The molecule has 0 spiro atoms. The van der Waals surface area contributed by atoms with E-state index < -0.39 is 0 Å². The summed E-state index contributed by atoms with van der Waals surface area (Å²) in [6.45, 7) is 7.31. The van der Waals surface area contributed by atoms with Crippen LogP contribution in [0.15, 0.2) is 24.3 Å². The maximum absolute atomic E-state index is 13.7. The van der Waals surface area contributed by atoms with Crippen molar-refractivity contribution in [1.82, 2.24) is 9.80 Å². The van der Waals surface area contributed by atoms with Gasteiger partial charge in [0.1, 0.15) is 5.82 Å². The first-order chi connectivity index (χ1) is 9.61. The molecule has 0 aromatic heterocycles. The number of likely N-dealkylation sites (N-methyl/N-ethyl adjacent to an activating group) is 1. The molecule has 1 aromatic carbocycles. The minimum absolute atomic E-state index is 0.138. The molecule has 3 nitrogen and oxygen atoms in total. The number of hydrogen-bond acceptors (Lipinski definition) is 2. The molecule has 0 saturated carbocycles. The molecule has 0 aliphatic carbocycles. The highest BCUT2D eigenvalue weighted by molar-refractivity contribution is 5.76. The number of hydrogen-bond donors (Lipinski definition) is 0. The molecule has 0 N–H and O–H groups in total. The highest BCUT2D eigenvalue weighted by atomic mass is 19.1. The average Bonchev–Trinajstić information content (AvgIpc) is 2.63. The molecular weight excluding hydrogens is 255 g/mol. The van der Waals surface area contributed by atoms with E-state index in [1.165, 1.54) is 6.07 Å². The summed E-state index contributed by atoms with van der Waals surface area (Å²) in [7, 11) is 0. The van der Waals surface area contributed by atoms with Crippen molar-refractivity contribution in [2.75, 3.05) is 26.2 Å². The third kappa shape index (κ3) is 3.57. The van der Waals surface area contributed by atoms with E-state index in [0.717, 1.165) is 31.7 Å². The van der Waals surface area contributed by atoms with Crippen LogP contribution in [0.5, 0.6) is 0 Å². The van der Waals surface area contributed by atoms with Gasteiger partial charge in [0, 0.05) is 38.6 Å². The number of amides is 1. The standard InChI is InChI=1S/C16H23FN2O/c1-3-18-10-11-19(9-8-16(18)20)13(2)12-14-6-4-5-7-15(14)17/h4-7,13H,3,8-12H2,1-2H3. The van der Waals surface area contributed by atoms with Gasteiger partial charge in [0.05, 0.1) is 0 Å². The number of carbonyl (C=O) groups excluding carboxylic acids is 1. The molecule has 1 aliphatic heterocycles. The molecule has 0 radical (unpaired) electrons. The Hall–Kier alpha value is -1.42. The maximum Gasteiger partial charge on any atom is 0.223 e. The van der Waals surface area contributed by atoms with Crippen LogP contribution in [-0.2, 0) is 11.2 Å². The summed E-state index contributed by atoms with van der Waals surface area (Å²) >= 11 is 0. The topological polar surface area (TPSA) is 23.6 Å². The van der Waals surface area contributed by atoms with Crippen LogP contribution in [0.1, 0.15) is 25.8 Å². The van der Waals surface area contributed by atoms with Crippen LogP contribution < -0.4 is 0 Å². The van der Waals surface area contributed by atoms with Crippen molar-refractivity contribution in [3.63, 3.8) is 0 Å². The van der Waals surface area contributed by atoms with Gasteiger partial charge in [-0.1, -0.05) is 18.2 Å². The number of benzene rings is 1. The molecule has 1 heterocycles. The van der Waals surface area contributed by atoms with Gasteiger partial charge in [0.2, 0.25) is 5.91 Å². The second-order valence-corrected chi connectivity index (χ2v) is 5.40. The molecule has 1 aliphatic rings. The van der Waals surface area contributed by atoms with E-state index in [-0.39, 0.29) is 17.8 Å². The van der Waals surface area contributed by atoms with Crippen LogP contribution in [0, 0.1) is 5.82 Å². The van der Waals surface area contributed by atoms with Crippen molar-refractivity contribution >= 4 is 5.91 Å². The summed E-state index contributed by atoms with van der Waals surface area (Å²) in [6, 6.07) is 7.18. The first-order valence-electron chi connectivity index (χ1n) is 7.37. The van der Waals surface area contributed by atoms with E-state index in [4.69, 9.17) is 0 Å². The van der Waals surface area contributed by atoms with Crippen molar-refractivity contribution < 1.29 is 9.18 Å². The smallest absolute Gasteiger partial charge is 0.223 e. The first kappa shape index (κ1) is 15.0. The van der Waals surface area contributed by atoms with E-state index >= 15 is 0 Å². The Balaban J connectivity index is 1.97. The fourth-order valence-electron chi connectivity index (χ4n) is 2.77. The summed E-state index contributed by atoms with van der Waals surface area (Å²) in [5.41, 5.74) is 0.753. The van der Waals surface area contributed by atoms with Crippen molar-refractivity contribution in [1.29, 1.82) is 0 Å². The summed E-state index contributed by atoms with van der Waals surface area (Å²) in [6.07, 6.45) is 1.25. The van der Waals surface area contributed by atoms with Crippen molar-refractivity contribution in [3.8, 4) is 0 Å². The van der Waals surface area contributed by atoms with E-state index in [9.17, 15) is 9.18 Å². The Bertz CT molecular complexity index is 464. The van der Waals surface area contributed by atoms with Crippen molar-refractivity contribution in [2.24, 2.45) is 0 Å². The molecule has 1 amide bonds. The highest BCUT2D eigenvalue weighted by Crippen LogP contribution is 2.15. The number of rotatable bonds is 4. The van der Waals surface area contributed by atoms with Gasteiger partial charge < -0.3 is 4.90 Å². The zero-order chi connectivity index (χ0) is 14.5. The molecule has 0 bridgehead atoms. The summed E-state index contributed by atoms with van der Waals surface area (Å²) in [5.74, 6) is 0.0912. The zero-order valence-electron chi connectivity index (χ0n) is 12.3. The van der Waals surface area contributed by atoms with Crippen LogP contribution in [0.25, 0.3) is 0 Å². The number of nitrogens with zero attached hydrogens (tertiary/aromatic N) is 2. The van der Waals surface area contributed by atoms with Crippen LogP contribution in [0.3, 0.4) is 0 Å². The van der Waals surface area contributed by atoms with Crippen LogP contribution in [-0.4, -0.2) is 47.9 Å². The normalized spacial score (nSPS) is 18.9. The molecule has 20 heavy (non-hydrogen) atoms. The molecule has 1 aromatic rings. The number of carbonyl (C=O) groups is 1. The number of halogens is 1. The third-order valence-electron chi connectivity index (χ3n) is 4.10. The molecule has 2 rings (SSSR count). The fourth-order valence-corrected chi connectivity index (χ4v) is 2.77. The molecule has 1 fully saturated rings. The van der Waals surface area contributed by atoms with Gasteiger partial charge in [-0.25, -0.2) is 4.39 Å². The van der Waals surface area contributed by atoms with Gasteiger partial charge in [-0.05, 0) is 31.9 Å². The second-order valence-electron chi connectivity index (χ2n) is 5.40. The molecular formula is C16H23FN2O. The molecule has 1 unspecified atom stereocenters. The molecule has 1 atom stereocenters. The third-order valence-corrected chi connectivity index (χ3v) is 4.10. The van der Waals surface area contributed by atoms with Gasteiger partial charge in [0.25, 0.3) is 0 Å². The van der Waals surface area contributed by atoms with Gasteiger partial charge in [-0.15, -0.1) is 0 Å². The van der Waals surface area contributed by atoms with E-state index in [1.54, 1.807) is 6.07 Å². The van der Waals surface area contributed by atoms with E-state index in [0.29, 0.717) is 12.8 Å². The predicted octanol–water partition coefficient (Wildman–Crippen LogP) is 2.31. The van der Waals surface area contributed by atoms with Crippen molar-refractivity contribution in [3.05, 3.63) is 35.6 Å². The van der Waals surface area contributed by atoms with Gasteiger partial charge in [0.15, 0.2) is 0 Å². The lowest BCUT2D eigenvalue weighted by molar-refractivity contribution is -0.130. The lowest BCUT2D eigenvalue weighted by Gasteiger charge is -2.27. The van der Waals surface area contributed by atoms with E-state index in [1.807, 2.05) is 24.0 Å². The quantitative estimate of drug-likeness (QED) is 0.844. The van der Waals surface area contributed by atoms with E-state index in [2.05, 4.69) is 11.8 Å². The lowest BCUT2D eigenvalue weighted by Crippen LogP contribution is -2.38. The average molecular weight is 278 g/mol.